The van der Waals surface area contributed by atoms with Gasteiger partial charge in [0.25, 0.3) is 0 Å². The lowest BCUT2D eigenvalue weighted by molar-refractivity contribution is 0.171. The Hall–Kier alpha value is -2.37. The first-order valence-electron chi connectivity index (χ1n) is 6.29. The molecule has 0 N–H and O–H groups in total. The van der Waals surface area contributed by atoms with Crippen molar-refractivity contribution in [2.45, 2.75) is 6.54 Å². The van der Waals surface area contributed by atoms with E-state index < -0.39 is 5.82 Å². The summed E-state index contributed by atoms with van der Waals surface area (Å²) in [5.41, 5.74) is 1.05. The Morgan fingerprint density at radius 2 is 1.85 bits per heavy atom. The second-order valence-electron chi connectivity index (χ2n) is 4.54. The fourth-order valence-corrected chi connectivity index (χ4v) is 2.03. The van der Waals surface area contributed by atoms with Gasteiger partial charge in [0.2, 0.25) is 5.95 Å². The van der Waals surface area contributed by atoms with Gasteiger partial charge in [0.15, 0.2) is 17.3 Å². The first kappa shape index (κ1) is 12.7. The van der Waals surface area contributed by atoms with Crippen LogP contribution in [0.25, 0.3) is 0 Å². The highest BCUT2D eigenvalue weighted by Crippen LogP contribution is 2.31. The van der Waals surface area contributed by atoms with Crippen molar-refractivity contribution in [2.24, 2.45) is 0 Å². The predicted octanol–water partition coefficient (Wildman–Crippen LogP) is 2.02. The molecule has 2 aromatic rings. The lowest BCUT2D eigenvalue weighted by Crippen LogP contribution is -2.20. The maximum absolute atomic E-state index is 12.8. The Morgan fingerprint density at radius 3 is 2.60 bits per heavy atom. The summed E-state index contributed by atoms with van der Waals surface area (Å²) in [6, 6.07) is 5.80. The Morgan fingerprint density at radius 1 is 1.15 bits per heavy atom. The molecule has 0 aliphatic carbocycles. The van der Waals surface area contributed by atoms with Crippen molar-refractivity contribution >= 4 is 5.95 Å². The molecule has 1 aromatic carbocycles. The van der Waals surface area contributed by atoms with Gasteiger partial charge >= 0.3 is 0 Å². The van der Waals surface area contributed by atoms with E-state index in [0.29, 0.717) is 25.7 Å². The Kier molecular flexibility index (Phi) is 3.37. The molecule has 20 heavy (non-hydrogen) atoms. The summed E-state index contributed by atoms with van der Waals surface area (Å²) in [7, 11) is 1.85. The first-order valence-corrected chi connectivity index (χ1v) is 6.29. The summed E-state index contributed by atoms with van der Waals surface area (Å²) in [6.07, 6.45) is 2.31. The van der Waals surface area contributed by atoms with E-state index >= 15 is 0 Å². The summed E-state index contributed by atoms with van der Waals surface area (Å²) in [4.78, 5) is 9.73. The van der Waals surface area contributed by atoms with Gasteiger partial charge in [0.1, 0.15) is 13.2 Å². The number of anilines is 1. The molecule has 104 valence electrons. The molecular formula is C14H14FN3O2. The molecule has 0 atom stereocenters. The molecule has 0 unspecified atom stereocenters. The monoisotopic (exact) mass is 275 g/mol. The van der Waals surface area contributed by atoms with Crippen molar-refractivity contribution in [3.63, 3.8) is 0 Å². The van der Waals surface area contributed by atoms with Gasteiger partial charge in [-0.15, -0.1) is 0 Å². The molecular weight excluding hydrogens is 261 g/mol. The third-order valence-corrected chi connectivity index (χ3v) is 2.97. The highest BCUT2D eigenvalue weighted by Gasteiger charge is 2.13. The molecule has 1 aliphatic rings. The van der Waals surface area contributed by atoms with E-state index in [2.05, 4.69) is 9.97 Å². The van der Waals surface area contributed by atoms with Crippen LogP contribution in [0.4, 0.5) is 10.3 Å². The van der Waals surface area contributed by atoms with Crippen molar-refractivity contribution in [3.05, 3.63) is 42.0 Å². The highest BCUT2D eigenvalue weighted by molar-refractivity contribution is 5.45. The zero-order valence-electron chi connectivity index (χ0n) is 11.0. The molecule has 0 amide bonds. The minimum absolute atomic E-state index is 0.443. The molecule has 6 heteroatoms. The number of hydrogen-bond donors (Lipinski definition) is 0. The second-order valence-corrected chi connectivity index (χ2v) is 4.54. The molecule has 1 aliphatic heterocycles. The molecule has 0 bridgehead atoms. The normalized spacial score (nSPS) is 13.1. The van der Waals surface area contributed by atoms with Crippen molar-refractivity contribution < 1.29 is 13.9 Å². The van der Waals surface area contributed by atoms with Gasteiger partial charge in [0, 0.05) is 13.6 Å². The Balaban J connectivity index is 1.75. The number of fused-ring (bicyclic) bond motifs is 1. The SMILES string of the molecule is CN(Cc1ccc2c(c1)OCCO2)c1ncc(F)cn1. The summed E-state index contributed by atoms with van der Waals surface area (Å²) in [6.45, 7) is 1.74. The van der Waals surface area contributed by atoms with Crippen LogP contribution in [0.15, 0.2) is 30.6 Å². The van der Waals surface area contributed by atoms with Crippen LogP contribution in [-0.2, 0) is 6.54 Å². The van der Waals surface area contributed by atoms with E-state index in [1.165, 1.54) is 0 Å². The second kappa shape index (κ2) is 5.32. The maximum Gasteiger partial charge on any atom is 0.225 e. The molecule has 0 saturated carbocycles. The number of aromatic nitrogens is 2. The summed E-state index contributed by atoms with van der Waals surface area (Å²) in [5.74, 6) is 1.55. The lowest BCUT2D eigenvalue weighted by Gasteiger charge is -2.21. The summed E-state index contributed by atoms with van der Waals surface area (Å²) >= 11 is 0. The molecule has 1 aromatic heterocycles. The fourth-order valence-electron chi connectivity index (χ4n) is 2.03. The molecule has 2 heterocycles. The average Bonchev–Trinajstić information content (AvgIpc) is 2.48. The van der Waals surface area contributed by atoms with Gasteiger partial charge in [-0.2, -0.15) is 0 Å². The number of halogens is 1. The number of ether oxygens (including phenoxy) is 2. The van der Waals surface area contributed by atoms with Crippen LogP contribution in [0.3, 0.4) is 0 Å². The van der Waals surface area contributed by atoms with Gasteiger partial charge in [-0.3, -0.25) is 0 Å². The van der Waals surface area contributed by atoms with Crippen molar-refractivity contribution in [1.82, 2.24) is 9.97 Å². The van der Waals surface area contributed by atoms with Crippen LogP contribution >= 0.6 is 0 Å². The molecule has 5 nitrogen and oxygen atoms in total. The van der Waals surface area contributed by atoms with Gasteiger partial charge < -0.3 is 14.4 Å². The first-order chi connectivity index (χ1) is 9.72. The lowest BCUT2D eigenvalue weighted by atomic mass is 10.2. The molecule has 0 fully saturated rings. The molecule has 3 rings (SSSR count). The van der Waals surface area contributed by atoms with E-state index in [0.717, 1.165) is 29.5 Å². The van der Waals surface area contributed by atoms with Crippen LogP contribution in [0, 0.1) is 5.82 Å². The van der Waals surface area contributed by atoms with Crippen LogP contribution in [0.1, 0.15) is 5.56 Å². The third-order valence-electron chi connectivity index (χ3n) is 2.97. The van der Waals surface area contributed by atoms with Crippen LogP contribution in [-0.4, -0.2) is 30.2 Å². The number of benzene rings is 1. The molecule has 0 saturated heterocycles. The molecule has 0 spiro atoms. The smallest absolute Gasteiger partial charge is 0.225 e. The van der Waals surface area contributed by atoms with E-state index in [1.54, 1.807) is 0 Å². The van der Waals surface area contributed by atoms with Crippen LogP contribution < -0.4 is 14.4 Å². The minimum atomic E-state index is -0.443. The van der Waals surface area contributed by atoms with Crippen molar-refractivity contribution in [2.75, 3.05) is 25.2 Å². The Bertz CT molecular complexity index is 604. The number of nitrogens with zero attached hydrogens (tertiary/aromatic N) is 3. The zero-order valence-corrected chi connectivity index (χ0v) is 11.0. The Labute approximate surface area is 116 Å². The highest BCUT2D eigenvalue weighted by atomic mass is 19.1. The quantitative estimate of drug-likeness (QED) is 0.857. The van der Waals surface area contributed by atoms with Crippen molar-refractivity contribution in [1.29, 1.82) is 0 Å². The number of rotatable bonds is 3. The average molecular weight is 275 g/mol. The van der Waals surface area contributed by atoms with Gasteiger partial charge in [-0.1, -0.05) is 6.07 Å². The number of hydrogen-bond acceptors (Lipinski definition) is 5. The maximum atomic E-state index is 12.8. The van der Waals surface area contributed by atoms with E-state index in [1.807, 2.05) is 30.1 Å². The zero-order chi connectivity index (χ0) is 13.9. The van der Waals surface area contributed by atoms with E-state index in [4.69, 9.17) is 9.47 Å². The van der Waals surface area contributed by atoms with Crippen molar-refractivity contribution in [3.8, 4) is 11.5 Å². The topological polar surface area (TPSA) is 47.5 Å². The summed E-state index contributed by atoms with van der Waals surface area (Å²) in [5, 5.41) is 0. The standard InChI is InChI=1S/C14H14FN3O2/c1-18(14-16-7-11(15)8-17-14)9-10-2-3-12-13(6-10)20-5-4-19-12/h2-3,6-8H,4-5,9H2,1H3. The van der Waals surface area contributed by atoms with Gasteiger partial charge in [-0.05, 0) is 17.7 Å². The van der Waals surface area contributed by atoms with E-state index in [9.17, 15) is 4.39 Å². The molecule has 0 radical (unpaired) electrons. The van der Waals surface area contributed by atoms with Gasteiger partial charge in [-0.25, -0.2) is 14.4 Å². The predicted molar refractivity (Wildman–Crippen MR) is 71.5 cm³/mol. The fraction of sp³-hybridized carbons (Fsp3) is 0.286. The minimum Gasteiger partial charge on any atom is -0.486 e. The third kappa shape index (κ3) is 2.64. The van der Waals surface area contributed by atoms with Gasteiger partial charge in [0.05, 0.1) is 12.4 Å². The van der Waals surface area contributed by atoms with Crippen LogP contribution in [0.2, 0.25) is 0 Å². The summed E-state index contributed by atoms with van der Waals surface area (Å²) < 4.78 is 23.8. The van der Waals surface area contributed by atoms with E-state index in [-0.39, 0.29) is 0 Å². The van der Waals surface area contributed by atoms with Crippen LogP contribution in [0.5, 0.6) is 11.5 Å². The largest absolute Gasteiger partial charge is 0.486 e.